The summed E-state index contributed by atoms with van der Waals surface area (Å²) in [5.41, 5.74) is 7.42. The van der Waals surface area contributed by atoms with E-state index in [1.54, 1.807) is 17.0 Å². The molecule has 1 aromatic rings. The van der Waals surface area contributed by atoms with Crippen LogP contribution in [-0.2, 0) is 21.2 Å². The number of hydrogen-bond acceptors (Lipinski definition) is 4. The second-order valence-corrected chi connectivity index (χ2v) is 8.26. The van der Waals surface area contributed by atoms with Crippen molar-refractivity contribution in [2.45, 2.75) is 31.1 Å². The predicted molar refractivity (Wildman–Crippen MR) is 96.0 cm³/mol. The Labute approximate surface area is 149 Å². The predicted octanol–water partition coefficient (Wildman–Crippen LogP) is 1.38. The molecule has 1 atom stereocenters. The molecule has 0 radical (unpaired) electrons. The van der Waals surface area contributed by atoms with E-state index in [9.17, 15) is 13.2 Å². The van der Waals surface area contributed by atoms with E-state index in [0.29, 0.717) is 26.2 Å². The molecule has 1 aromatic carbocycles. The van der Waals surface area contributed by atoms with Crippen LogP contribution in [0.2, 0.25) is 0 Å². The summed E-state index contributed by atoms with van der Waals surface area (Å²) < 4.78 is 27.2. The van der Waals surface area contributed by atoms with Crippen LogP contribution in [0.3, 0.4) is 0 Å². The summed E-state index contributed by atoms with van der Waals surface area (Å²) in [5.74, 6) is 0.181. The molecule has 0 saturated carbocycles. The molecular weight excluding hydrogens is 350 g/mol. The quantitative estimate of drug-likeness (QED) is 0.867. The maximum Gasteiger partial charge on any atom is 0.243 e. The number of benzene rings is 1. The lowest BCUT2D eigenvalue weighted by atomic mass is 10.0. The monoisotopic (exact) mass is 373 g/mol. The van der Waals surface area contributed by atoms with Crippen molar-refractivity contribution in [2.24, 2.45) is 11.7 Å². The van der Waals surface area contributed by atoms with Gasteiger partial charge in [-0.1, -0.05) is 6.07 Å². The molecule has 0 spiro atoms. The van der Waals surface area contributed by atoms with E-state index in [1.807, 2.05) is 6.07 Å². The molecule has 0 aromatic heterocycles. The Bertz CT molecular complexity index is 723. The van der Waals surface area contributed by atoms with E-state index in [4.69, 9.17) is 5.73 Å². The van der Waals surface area contributed by atoms with Crippen molar-refractivity contribution in [3.63, 3.8) is 0 Å². The molecule has 8 heteroatoms. The maximum atomic E-state index is 12.8. The molecule has 24 heavy (non-hydrogen) atoms. The Morgan fingerprint density at radius 2 is 2.08 bits per heavy atom. The molecule has 2 heterocycles. The van der Waals surface area contributed by atoms with E-state index in [-0.39, 0.29) is 29.1 Å². The van der Waals surface area contributed by atoms with Crippen molar-refractivity contribution in [1.29, 1.82) is 0 Å². The molecule has 1 unspecified atom stereocenters. The largest absolute Gasteiger partial charge is 0.330 e. The van der Waals surface area contributed by atoms with E-state index < -0.39 is 10.0 Å². The van der Waals surface area contributed by atoms with Gasteiger partial charge in [-0.3, -0.25) is 4.79 Å². The Morgan fingerprint density at radius 3 is 2.71 bits per heavy atom. The highest BCUT2D eigenvalue weighted by Crippen LogP contribution is 2.32. The number of rotatable bonds is 3. The number of nitrogens with two attached hydrogens (primary N) is 1. The average Bonchev–Trinajstić information content (AvgIpc) is 3.03. The smallest absolute Gasteiger partial charge is 0.243 e. The number of hydrogen-bond donors (Lipinski definition) is 1. The molecule has 3 rings (SSSR count). The highest BCUT2D eigenvalue weighted by molar-refractivity contribution is 7.89. The Morgan fingerprint density at radius 1 is 1.33 bits per heavy atom. The minimum absolute atomic E-state index is 0. The van der Waals surface area contributed by atoms with Gasteiger partial charge < -0.3 is 10.6 Å². The van der Waals surface area contributed by atoms with E-state index >= 15 is 0 Å². The lowest BCUT2D eigenvalue weighted by molar-refractivity contribution is -0.116. The average molecular weight is 374 g/mol. The first-order valence-corrected chi connectivity index (χ1v) is 9.48. The SMILES string of the molecule is CC(=O)N1CCCc2ccc(S(=O)(=O)N3CCC(CN)C3)cc21.Cl. The number of carbonyl (C=O) groups excluding carboxylic acids is 1. The first-order valence-electron chi connectivity index (χ1n) is 8.04. The van der Waals surface area contributed by atoms with Crippen molar-refractivity contribution in [2.75, 3.05) is 31.1 Å². The van der Waals surface area contributed by atoms with Gasteiger partial charge in [0.2, 0.25) is 15.9 Å². The zero-order valence-electron chi connectivity index (χ0n) is 13.8. The number of carbonyl (C=O) groups is 1. The second-order valence-electron chi connectivity index (χ2n) is 6.32. The van der Waals surface area contributed by atoms with Crippen molar-refractivity contribution in [3.8, 4) is 0 Å². The number of aryl methyl sites for hydroxylation is 1. The Balaban J connectivity index is 0.00000208. The molecular formula is C16H24ClN3O3S. The van der Waals surface area contributed by atoms with Crippen molar-refractivity contribution in [3.05, 3.63) is 23.8 Å². The number of halogens is 1. The van der Waals surface area contributed by atoms with Crippen molar-refractivity contribution < 1.29 is 13.2 Å². The highest BCUT2D eigenvalue weighted by Gasteiger charge is 2.33. The summed E-state index contributed by atoms with van der Waals surface area (Å²) in [6, 6.07) is 5.16. The van der Waals surface area contributed by atoms with Crippen LogP contribution in [0, 0.1) is 5.92 Å². The summed E-state index contributed by atoms with van der Waals surface area (Å²) in [6.45, 7) is 3.66. The van der Waals surface area contributed by atoms with E-state index in [1.165, 1.54) is 11.2 Å². The fourth-order valence-corrected chi connectivity index (χ4v) is 4.95. The molecule has 1 amide bonds. The van der Waals surface area contributed by atoms with Gasteiger partial charge in [0.1, 0.15) is 0 Å². The minimum Gasteiger partial charge on any atom is -0.330 e. The van der Waals surface area contributed by atoms with Gasteiger partial charge in [0.05, 0.1) is 4.90 Å². The molecule has 0 bridgehead atoms. The number of fused-ring (bicyclic) bond motifs is 1. The van der Waals surface area contributed by atoms with Gasteiger partial charge in [-0.15, -0.1) is 12.4 Å². The van der Waals surface area contributed by atoms with Crippen LogP contribution in [0.4, 0.5) is 5.69 Å². The minimum atomic E-state index is -3.52. The number of anilines is 1. The lowest BCUT2D eigenvalue weighted by Gasteiger charge is -2.29. The highest BCUT2D eigenvalue weighted by atomic mass is 35.5. The molecule has 2 aliphatic rings. The third kappa shape index (κ3) is 3.44. The normalized spacial score (nSPS) is 21.2. The van der Waals surface area contributed by atoms with Gasteiger partial charge in [-0.25, -0.2) is 8.42 Å². The first kappa shape index (κ1) is 19.2. The van der Waals surface area contributed by atoms with Crippen LogP contribution in [0.25, 0.3) is 0 Å². The fraction of sp³-hybridized carbons (Fsp3) is 0.562. The van der Waals surface area contributed by atoms with Gasteiger partial charge >= 0.3 is 0 Å². The zero-order chi connectivity index (χ0) is 16.6. The van der Waals surface area contributed by atoms with Gasteiger partial charge in [0.25, 0.3) is 0 Å². The summed E-state index contributed by atoms with van der Waals surface area (Å²) in [4.78, 5) is 13.7. The van der Waals surface area contributed by atoms with E-state index in [0.717, 1.165) is 30.5 Å². The van der Waals surface area contributed by atoms with Crippen molar-refractivity contribution >= 4 is 34.0 Å². The maximum absolute atomic E-state index is 12.8. The number of sulfonamides is 1. The van der Waals surface area contributed by atoms with Crippen molar-refractivity contribution in [1.82, 2.24) is 4.31 Å². The van der Waals surface area contributed by atoms with Crippen LogP contribution in [0.5, 0.6) is 0 Å². The summed E-state index contributed by atoms with van der Waals surface area (Å²) in [5, 5.41) is 0. The standard InChI is InChI=1S/C16H23N3O3S.ClH/c1-12(20)19-7-2-3-14-4-5-15(9-16(14)19)23(21,22)18-8-6-13(10-17)11-18;/h4-5,9,13H,2-3,6-8,10-11,17H2,1H3;1H. The Hall–Kier alpha value is -1.15. The van der Waals surface area contributed by atoms with Crippen LogP contribution >= 0.6 is 12.4 Å². The molecule has 0 aliphatic carbocycles. The lowest BCUT2D eigenvalue weighted by Crippen LogP contribution is -2.34. The number of nitrogens with zero attached hydrogens (tertiary/aromatic N) is 2. The van der Waals surface area contributed by atoms with E-state index in [2.05, 4.69) is 0 Å². The fourth-order valence-electron chi connectivity index (χ4n) is 3.40. The molecule has 2 aliphatic heterocycles. The summed E-state index contributed by atoms with van der Waals surface area (Å²) in [6.07, 6.45) is 2.58. The molecule has 6 nitrogen and oxygen atoms in total. The second kappa shape index (κ2) is 7.39. The van der Waals surface area contributed by atoms with Crippen LogP contribution in [0.1, 0.15) is 25.3 Å². The van der Waals surface area contributed by atoms with Crippen LogP contribution in [0.15, 0.2) is 23.1 Å². The third-order valence-corrected chi connectivity index (χ3v) is 6.64. The molecule has 134 valence electrons. The summed E-state index contributed by atoms with van der Waals surface area (Å²) in [7, 11) is -3.52. The zero-order valence-corrected chi connectivity index (χ0v) is 15.4. The summed E-state index contributed by atoms with van der Waals surface area (Å²) >= 11 is 0. The molecule has 2 N–H and O–H groups in total. The molecule has 1 fully saturated rings. The third-order valence-electron chi connectivity index (χ3n) is 4.78. The van der Waals surface area contributed by atoms with Crippen LogP contribution < -0.4 is 10.6 Å². The molecule has 1 saturated heterocycles. The Kier molecular flexibility index (Phi) is 5.91. The van der Waals surface area contributed by atoms with Gasteiger partial charge in [-0.2, -0.15) is 4.31 Å². The first-order chi connectivity index (χ1) is 10.9. The topological polar surface area (TPSA) is 83.7 Å². The van der Waals surface area contributed by atoms with Gasteiger partial charge in [0.15, 0.2) is 0 Å². The van der Waals surface area contributed by atoms with Crippen LogP contribution in [-0.4, -0.2) is 44.8 Å². The van der Waals surface area contributed by atoms with Gasteiger partial charge in [-0.05, 0) is 49.4 Å². The van der Waals surface area contributed by atoms with Gasteiger partial charge in [0, 0.05) is 32.2 Å². The number of amides is 1.